The lowest BCUT2D eigenvalue weighted by Crippen LogP contribution is -2.38. The largest absolute Gasteiger partial charge is 0.453 e. The van der Waals surface area contributed by atoms with Crippen molar-refractivity contribution >= 4 is 33.1 Å². The SMILES string of the molecule is COC(=O)N1CCCC(c2ccc3nc(CNC(=O)c4ccn(S(C)(=O)=O)c4)[nH]c3c2)C1. The van der Waals surface area contributed by atoms with Gasteiger partial charge in [-0.25, -0.2) is 18.2 Å². The summed E-state index contributed by atoms with van der Waals surface area (Å²) < 4.78 is 28.9. The van der Waals surface area contributed by atoms with Gasteiger partial charge in [0, 0.05) is 31.4 Å². The van der Waals surface area contributed by atoms with Crippen LogP contribution in [0.3, 0.4) is 0 Å². The Bertz CT molecular complexity index is 1260. The van der Waals surface area contributed by atoms with Crippen molar-refractivity contribution in [2.24, 2.45) is 0 Å². The van der Waals surface area contributed by atoms with Crippen LogP contribution in [0.4, 0.5) is 4.79 Å². The molecule has 0 radical (unpaired) electrons. The van der Waals surface area contributed by atoms with Crippen molar-refractivity contribution in [2.45, 2.75) is 25.3 Å². The molecule has 2 amide bonds. The number of imidazole rings is 1. The summed E-state index contributed by atoms with van der Waals surface area (Å²) in [6.45, 7) is 1.49. The van der Waals surface area contributed by atoms with Gasteiger partial charge in [-0.15, -0.1) is 0 Å². The highest BCUT2D eigenvalue weighted by Crippen LogP contribution is 2.29. The summed E-state index contributed by atoms with van der Waals surface area (Å²) in [7, 11) is -2.04. The summed E-state index contributed by atoms with van der Waals surface area (Å²) in [4.78, 5) is 33.7. The Kier molecular flexibility index (Phi) is 5.92. The van der Waals surface area contributed by atoms with E-state index in [-0.39, 0.29) is 24.1 Å². The van der Waals surface area contributed by atoms with Gasteiger partial charge in [0.25, 0.3) is 5.91 Å². The quantitative estimate of drug-likeness (QED) is 0.601. The average Bonchev–Trinajstić information content (AvgIpc) is 3.43. The van der Waals surface area contributed by atoms with Crippen molar-refractivity contribution < 1.29 is 22.7 Å². The summed E-state index contributed by atoms with van der Waals surface area (Å²) in [6, 6.07) is 7.43. The minimum absolute atomic E-state index is 0.173. The van der Waals surface area contributed by atoms with Crippen molar-refractivity contribution in [3.05, 3.63) is 53.6 Å². The van der Waals surface area contributed by atoms with E-state index in [2.05, 4.69) is 15.3 Å². The van der Waals surface area contributed by atoms with Crippen molar-refractivity contribution in [3.63, 3.8) is 0 Å². The Hall–Kier alpha value is -3.34. The van der Waals surface area contributed by atoms with Crippen LogP contribution in [0.15, 0.2) is 36.7 Å². The standard InChI is InChI=1S/C21H25N5O5S/c1-31-21(28)25-8-3-4-15(12-25)14-5-6-17-18(10-14)24-19(23-17)11-22-20(27)16-7-9-26(13-16)32(2,29)30/h5-7,9-10,13,15H,3-4,8,11-12H2,1-2H3,(H,22,27)(H,23,24). The lowest BCUT2D eigenvalue weighted by Gasteiger charge is -2.31. The van der Waals surface area contributed by atoms with E-state index in [1.54, 1.807) is 4.90 Å². The zero-order chi connectivity index (χ0) is 22.9. The second-order valence-electron chi connectivity index (χ2n) is 7.89. The highest BCUT2D eigenvalue weighted by molar-refractivity contribution is 7.89. The second-order valence-corrected chi connectivity index (χ2v) is 9.78. The molecule has 10 nitrogen and oxygen atoms in total. The first kappa shape index (κ1) is 21.9. The van der Waals surface area contributed by atoms with Gasteiger partial charge in [0.2, 0.25) is 10.0 Å². The smallest absolute Gasteiger partial charge is 0.409 e. The van der Waals surface area contributed by atoms with Gasteiger partial charge in [0.1, 0.15) is 5.82 Å². The number of fused-ring (bicyclic) bond motifs is 1. The predicted octanol–water partition coefficient (Wildman–Crippen LogP) is 2.05. The molecule has 1 fully saturated rings. The van der Waals surface area contributed by atoms with Crippen molar-refractivity contribution in [1.82, 2.24) is 24.2 Å². The van der Waals surface area contributed by atoms with Gasteiger partial charge in [-0.3, -0.25) is 8.77 Å². The number of carbonyl (C=O) groups is 2. The molecule has 0 aliphatic carbocycles. The fourth-order valence-electron chi connectivity index (χ4n) is 3.95. The Labute approximate surface area is 185 Å². The molecular weight excluding hydrogens is 434 g/mol. The summed E-state index contributed by atoms with van der Waals surface area (Å²) in [6.07, 6.45) is 5.28. The number of hydrogen-bond acceptors (Lipinski definition) is 6. The number of piperidine rings is 1. The van der Waals surface area contributed by atoms with Gasteiger partial charge >= 0.3 is 6.09 Å². The number of ether oxygens (including phenoxy) is 1. The van der Waals surface area contributed by atoms with E-state index in [4.69, 9.17) is 4.74 Å². The van der Waals surface area contributed by atoms with Crippen LogP contribution < -0.4 is 5.32 Å². The number of likely N-dealkylation sites (tertiary alicyclic amines) is 1. The highest BCUT2D eigenvalue weighted by atomic mass is 32.2. The number of hydrogen-bond donors (Lipinski definition) is 2. The maximum absolute atomic E-state index is 12.3. The van der Waals surface area contributed by atoms with Crippen LogP contribution in [0.2, 0.25) is 0 Å². The zero-order valence-electron chi connectivity index (χ0n) is 17.9. The van der Waals surface area contributed by atoms with Gasteiger partial charge in [0.05, 0.1) is 36.5 Å². The Balaban J connectivity index is 1.43. The molecule has 2 N–H and O–H groups in total. The maximum Gasteiger partial charge on any atom is 0.409 e. The Morgan fingerprint density at radius 1 is 1.31 bits per heavy atom. The van der Waals surface area contributed by atoms with Crippen LogP contribution in [-0.4, -0.2) is 65.7 Å². The molecule has 170 valence electrons. The van der Waals surface area contributed by atoms with Crippen molar-refractivity contribution in [1.29, 1.82) is 0 Å². The fraction of sp³-hybridized carbons (Fsp3) is 0.381. The van der Waals surface area contributed by atoms with Crippen LogP contribution >= 0.6 is 0 Å². The van der Waals surface area contributed by atoms with E-state index in [0.717, 1.165) is 39.7 Å². The molecule has 1 aliphatic heterocycles. The zero-order valence-corrected chi connectivity index (χ0v) is 18.7. The molecule has 4 rings (SSSR count). The molecule has 1 aromatic carbocycles. The van der Waals surface area contributed by atoms with Gasteiger partial charge in [0.15, 0.2) is 0 Å². The fourth-order valence-corrected chi connectivity index (χ4v) is 4.53. The van der Waals surface area contributed by atoms with Crippen LogP contribution in [0.25, 0.3) is 11.0 Å². The predicted molar refractivity (Wildman–Crippen MR) is 118 cm³/mol. The van der Waals surface area contributed by atoms with Crippen LogP contribution in [0.5, 0.6) is 0 Å². The lowest BCUT2D eigenvalue weighted by molar-refractivity contribution is 0.0950. The number of carbonyl (C=O) groups excluding carboxylic acids is 2. The van der Waals surface area contributed by atoms with Crippen LogP contribution in [0, 0.1) is 0 Å². The molecule has 3 heterocycles. The number of nitrogens with one attached hydrogen (secondary N) is 2. The van der Waals surface area contributed by atoms with Gasteiger partial charge in [-0.1, -0.05) is 6.07 Å². The molecular formula is C21H25N5O5S. The van der Waals surface area contributed by atoms with E-state index in [1.165, 1.54) is 25.6 Å². The number of rotatable bonds is 5. The summed E-state index contributed by atoms with van der Waals surface area (Å²) in [5.41, 5.74) is 3.00. The first-order valence-electron chi connectivity index (χ1n) is 10.2. The summed E-state index contributed by atoms with van der Waals surface area (Å²) >= 11 is 0. The number of aromatic amines is 1. The van der Waals surface area contributed by atoms with Gasteiger partial charge < -0.3 is 19.9 Å². The summed E-state index contributed by atoms with van der Waals surface area (Å²) in [5.74, 6) is 0.420. The van der Waals surface area contributed by atoms with E-state index in [0.29, 0.717) is 18.9 Å². The Morgan fingerprint density at radius 3 is 2.84 bits per heavy atom. The van der Waals surface area contributed by atoms with Gasteiger partial charge in [-0.2, -0.15) is 0 Å². The van der Waals surface area contributed by atoms with Crippen LogP contribution in [-0.2, 0) is 21.3 Å². The number of aromatic nitrogens is 3. The Morgan fingerprint density at radius 2 is 2.12 bits per heavy atom. The van der Waals surface area contributed by atoms with E-state index in [1.807, 2.05) is 18.2 Å². The number of benzene rings is 1. The van der Waals surface area contributed by atoms with Crippen molar-refractivity contribution in [2.75, 3.05) is 26.5 Å². The summed E-state index contributed by atoms with van der Waals surface area (Å²) in [5, 5.41) is 2.74. The molecule has 0 spiro atoms. The normalized spacial score (nSPS) is 16.8. The highest BCUT2D eigenvalue weighted by Gasteiger charge is 2.25. The first-order valence-corrected chi connectivity index (χ1v) is 12.1. The van der Waals surface area contributed by atoms with Crippen LogP contribution in [0.1, 0.15) is 40.5 Å². The number of amides is 2. The maximum atomic E-state index is 12.3. The third kappa shape index (κ3) is 4.62. The molecule has 1 unspecified atom stereocenters. The molecule has 2 aromatic heterocycles. The molecule has 1 saturated heterocycles. The lowest BCUT2D eigenvalue weighted by atomic mass is 9.90. The molecule has 0 saturated carbocycles. The number of H-pyrrole nitrogens is 1. The molecule has 3 aromatic rings. The molecule has 11 heteroatoms. The molecule has 0 bridgehead atoms. The van der Waals surface area contributed by atoms with E-state index < -0.39 is 15.9 Å². The minimum atomic E-state index is -3.43. The van der Waals surface area contributed by atoms with Gasteiger partial charge in [-0.05, 0) is 36.6 Å². The number of nitrogens with zero attached hydrogens (tertiary/aromatic N) is 3. The molecule has 1 aliphatic rings. The monoisotopic (exact) mass is 459 g/mol. The average molecular weight is 460 g/mol. The first-order chi connectivity index (χ1) is 15.2. The van der Waals surface area contributed by atoms with Crippen molar-refractivity contribution in [3.8, 4) is 0 Å². The molecule has 32 heavy (non-hydrogen) atoms. The topological polar surface area (TPSA) is 126 Å². The molecule has 1 atom stereocenters. The minimum Gasteiger partial charge on any atom is -0.453 e. The third-order valence-corrected chi connectivity index (χ3v) is 6.60. The second kappa shape index (κ2) is 8.65. The van der Waals surface area contributed by atoms with E-state index >= 15 is 0 Å². The number of methoxy groups -OCH3 is 1. The van der Waals surface area contributed by atoms with E-state index in [9.17, 15) is 18.0 Å². The third-order valence-electron chi connectivity index (χ3n) is 5.61.